The Hall–Kier alpha value is -1.61. The number of allylic oxidation sites excluding steroid dienone is 2. The van der Waals surface area contributed by atoms with E-state index < -0.39 is 0 Å². The minimum Gasteiger partial charge on any atom is -0.274 e. The van der Waals surface area contributed by atoms with E-state index in [-0.39, 0.29) is 40.9 Å². The molecule has 4 heteroatoms. The normalized spacial score (nSPS) is 37.7. The van der Waals surface area contributed by atoms with Gasteiger partial charge >= 0.3 is 0 Å². The highest BCUT2D eigenvalue weighted by atomic mass is 35.5. The highest BCUT2D eigenvalue weighted by molar-refractivity contribution is 6.31. The lowest BCUT2D eigenvalue weighted by atomic mass is 9.85. The summed E-state index contributed by atoms with van der Waals surface area (Å²) in [4.78, 5) is 27.0. The number of carbonyl (C=O) groups is 2. The molecular weight excluding hydrogens is 286 g/mol. The molecule has 4 aliphatic rings. The Morgan fingerprint density at radius 2 is 1.67 bits per heavy atom. The van der Waals surface area contributed by atoms with Gasteiger partial charge in [-0.25, -0.2) is 4.90 Å². The Balaban J connectivity index is 1.59. The molecule has 2 amide bonds. The van der Waals surface area contributed by atoms with Crippen molar-refractivity contribution >= 4 is 29.1 Å². The van der Waals surface area contributed by atoms with Crippen molar-refractivity contribution in [2.75, 3.05) is 4.90 Å². The molecule has 1 heterocycles. The number of fused-ring (bicyclic) bond motifs is 3. The van der Waals surface area contributed by atoms with Crippen LogP contribution >= 0.6 is 11.6 Å². The van der Waals surface area contributed by atoms with E-state index in [1.807, 2.05) is 0 Å². The van der Waals surface area contributed by atoms with E-state index in [0.717, 1.165) is 0 Å². The van der Waals surface area contributed by atoms with Crippen LogP contribution in [0.25, 0.3) is 0 Å². The van der Waals surface area contributed by atoms with Crippen LogP contribution in [0.3, 0.4) is 0 Å². The molecule has 4 atom stereocenters. The number of halogens is 1. The molecule has 0 unspecified atom stereocenters. The third-order valence-electron chi connectivity index (χ3n) is 5.92. The molecule has 1 aliphatic heterocycles. The SMILES string of the molecule is O=C1[C@@H]2[C@@H](C(=O)N1c1cccc(Cl)c1)[C@H]1C=C[C@H]2C12CC2. The fraction of sp³-hybridized carbons (Fsp3) is 0.412. The van der Waals surface area contributed by atoms with Crippen LogP contribution in [0, 0.1) is 29.1 Å². The predicted molar refractivity (Wildman–Crippen MR) is 78.7 cm³/mol. The molecule has 3 fully saturated rings. The first kappa shape index (κ1) is 12.0. The lowest BCUT2D eigenvalue weighted by Gasteiger charge is -2.21. The van der Waals surface area contributed by atoms with E-state index in [2.05, 4.69) is 12.2 Å². The van der Waals surface area contributed by atoms with Gasteiger partial charge in [-0.15, -0.1) is 0 Å². The Morgan fingerprint density at radius 3 is 2.19 bits per heavy atom. The van der Waals surface area contributed by atoms with E-state index in [4.69, 9.17) is 11.6 Å². The fourth-order valence-corrected chi connectivity index (χ4v) is 5.13. The monoisotopic (exact) mass is 299 g/mol. The highest BCUT2D eigenvalue weighted by Crippen LogP contribution is 2.73. The Morgan fingerprint density at radius 1 is 1.05 bits per heavy atom. The summed E-state index contributed by atoms with van der Waals surface area (Å²) in [7, 11) is 0. The van der Waals surface area contributed by atoms with Crippen LogP contribution in [0.1, 0.15) is 12.8 Å². The van der Waals surface area contributed by atoms with Crippen molar-refractivity contribution in [3.8, 4) is 0 Å². The largest absolute Gasteiger partial charge is 0.274 e. The molecule has 21 heavy (non-hydrogen) atoms. The topological polar surface area (TPSA) is 37.4 Å². The summed E-state index contributed by atoms with van der Waals surface area (Å²) in [6.07, 6.45) is 6.71. The van der Waals surface area contributed by atoms with Crippen LogP contribution in [0.15, 0.2) is 36.4 Å². The minimum atomic E-state index is -0.144. The number of carbonyl (C=O) groups excluding carboxylic acids is 2. The first-order valence-corrected chi connectivity index (χ1v) is 7.83. The van der Waals surface area contributed by atoms with E-state index in [0.29, 0.717) is 10.7 Å². The summed E-state index contributed by atoms with van der Waals surface area (Å²) < 4.78 is 0. The van der Waals surface area contributed by atoms with Crippen molar-refractivity contribution in [3.05, 3.63) is 41.4 Å². The molecule has 5 rings (SSSR count). The van der Waals surface area contributed by atoms with Crippen LogP contribution in [-0.4, -0.2) is 11.8 Å². The van der Waals surface area contributed by atoms with Crippen molar-refractivity contribution in [3.63, 3.8) is 0 Å². The molecule has 106 valence electrons. The van der Waals surface area contributed by atoms with Crippen molar-refractivity contribution in [1.29, 1.82) is 0 Å². The molecule has 3 nitrogen and oxygen atoms in total. The van der Waals surface area contributed by atoms with Gasteiger partial charge in [0, 0.05) is 5.02 Å². The van der Waals surface area contributed by atoms with Gasteiger partial charge in [0.25, 0.3) is 0 Å². The predicted octanol–water partition coefficient (Wildman–Crippen LogP) is 3.04. The summed E-state index contributed by atoms with van der Waals surface area (Å²) in [6, 6.07) is 7.01. The number of hydrogen-bond acceptors (Lipinski definition) is 2. The van der Waals surface area contributed by atoms with E-state index >= 15 is 0 Å². The van der Waals surface area contributed by atoms with Crippen LogP contribution in [0.5, 0.6) is 0 Å². The summed E-state index contributed by atoms with van der Waals surface area (Å²) in [6.45, 7) is 0. The Bertz CT molecular complexity index is 687. The van der Waals surface area contributed by atoms with Gasteiger partial charge in [-0.05, 0) is 48.3 Å². The Labute approximate surface area is 127 Å². The van der Waals surface area contributed by atoms with E-state index in [1.54, 1.807) is 24.3 Å². The van der Waals surface area contributed by atoms with Gasteiger partial charge < -0.3 is 0 Å². The second kappa shape index (κ2) is 3.58. The van der Waals surface area contributed by atoms with Gasteiger partial charge in [-0.2, -0.15) is 0 Å². The third kappa shape index (κ3) is 1.27. The van der Waals surface area contributed by atoms with Gasteiger partial charge in [0.1, 0.15) is 0 Å². The number of rotatable bonds is 1. The maximum Gasteiger partial charge on any atom is 0.238 e. The molecule has 0 radical (unpaired) electrons. The fourth-order valence-electron chi connectivity index (χ4n) is 4.95. The van der Waals surface area contributed by atoms with Gasteiger partial charge in [0.15, 0.2) is 0 Å². The molecule has 1 aromatic rings. The lowest BCUT2D eigenvalue weighted by Crippen LogP contribution is -2.34. The maximum atomic E-state index is 12.8. The second-order valence-corrected chi connectivity index (χ2v) is 7.15. The molecule has 1 saturated heterocycles. The van der Waals surface area contributed by atoms with Crippen LogP contribution in [-0.2, 0) is 9.59 Å². The summed E-state index contributed by atoms with van der Waals surface area (Å²) >= 11 is 6.00. The standard InChI is InChI=1S/C17H14ClNO2/c18-9-2-1-3-10(8-9)19-15(20)13-11-4-5-12(14(13)16(19)21)17(11)6-7-17/h1-5,8,11-14H,6-7H2/t11-,12-,13+,14+/m1/s1. The zero-order valence-electron chi connectivity index (χ0n) is 11.3. The molecule has 3 aliphatic carbocycles. The minimum absolute atomic E-state index is 0.0320. The van der Waals surface area contributed by atoms with Gasteiger partial charge in [0.2, 0.25) is 11.8 Å². The molecule has 1 aromatic carbocycles. The first-order chi connectivity index (χ1) is 10.1. The lowest BCUT2D eigenvalue weighted by molar-refractivity contribution is -0.123. The van der Waals surface area contributed by atoms with Gasteiger partial charge in [0.05, 0.1) is 17.5 Å². The number of hydrogen-bond donors (Lipinski definition) is 0. The number of imide groups is 1. The number of benzene rings is 1. The molecule has 1 spiro atoms. The second-order valence-electron chi connectivity index (χ2n) is 6.71. The summed E-state index contributed by atoms with van der Waals surface area (Å²) in [5, 5.41) is 0.546. The number of nitrogens with zero attached hydrogens (tertiary/aromatic N) is 1. The maximum absolute atomic E-state index is 12.8. The van der Waals surface area contributed by atoms with Crippen molar-refractivity contribution in [2.45, 2.75) is 12.8 Å². The zero-order chi connectivity index (χ0) is 14.4. The quantitative estimate of drug-likeness (QED) is 0.590. The van der Waals surface area contributed by atoms with E-state index in [1.165, 1.54) is 17.7 Å². The molecule has 2 saturated carbocycles. The zero-order valence-corrected chi connectivity index (χ0v) is 12.1. The van der Waals surface area contributed by atoms with Crippen LogP contribution < -0.4 is 4.90 Å². The van der Waals surface area contributed by atoms with Gasteiger partial charge in [-0.1, -0.05) is 29.8 Å². The molecule has 0 aromatic heterocycles. The molecular formula is C17H14ClNO2. The molecule has 2 bridgehead atoms. The average Bonchev–Trinajstić information content (AvgIpc) is 3.05. The number of amides is 2. The summed E-state index contributed by atoms with van der Waals surface area (Å²) in [5.41, 5.74) is 0.859. The van der Waals surface area contributed by atoms with Crippen LogP contribution in [0.2, 0.25) is 5.02 Å². The van der Waals surface area contributed by atoms with Crippen molar-refractivity contribution < 1.29 is 9.59 Å². The smallest absolute Gasteiger partial charge is 0.238 e. The van der Waals surface area contributed by atoms with Crippen LogP contribution in [0.4, 0.5) is 5.69 Å². The summed E-state index contributed by atoms with van der Waals surface area (Å²) in [5.74, 6) is 0.190. The third-order valence-corrected chi connectivity index (χ3v) is 6.15. The Kier molecular flexibility index (Phi) is 2.05. The highest BCUT2D eigenvalue weighted by Gasteiger charge is 2.73. The van der Waals surface area contributed by atoms with E-state index in [9.17, 15) is 9.59 Å². The number of anilines is 1. The van der Waals surface area contributed by atoms with Gasteiger partial charge in [-0.3, -0.25) is 9.59 Å². The average molecular weight is 300 g/mol. The first-order valence-electron chi connectivity index (χ1n) is 7.45. The molecule has 0 N–H and O–H groups in total. The van der Waals surface area contributed by atoms with Crippen molar-refractivity contribution in [1.82, 2.24) is 0 Å². The van der Waals surface area contributed by atoms with Crippen molar-refractivity contribution in [2.24, 2.45) is 29.1 Å².